The number of hydrogen-bond donors (Lipinski definition) is 2. The third-order valence-electron chi connectivity index (χ3n) is 4.10. The molecular weight excluding hydrogens is 420 g/mol. The van der Waals surface area contributed by atoms with Crippen molar-refractivity contribution in [2.45, 2.75) is 46.2 Å². The predicted molar refractivity (Wildman–Crippen MR) is 100 cm³/mol. The first-order valence-electron chi connectivity index (χ1n) is 8.78. The zero-order valence-corrected chi connectivity index (χ0v) is 16.9. The van der Waals surface area contributed by atoms with Crippen LogP contribution in [0.2, 0.25) is 0 Å². The first-order chi connectivity index (χ1) is 12.8. The van der Waals surface area contributed by atoms with Gasteiger partial charge in [-0.25, -0.2) is 4.79 Å². The van der Waals surface area contributed by atoms with Crippen LogP contribution < -0.4 is 10.9 Å². The van der Waals surface area contributed by atoms with Gasteiger partial charge in [0, 0.05) is 12.6 Å². The van der Waals surface area contributed by atoms with Crippen molar-refractivity contribution < 1.29 is 19.4 Å². The number of aromatic hydroxyl groups is 1. The number of ether oxygens (including phenoxy) is 1. The van der Waals surface area contributed by atoms with Crippen molar-refractivity contribution in [3.05, 3.63) is 26.1 Å². The summed E-state index contributed by atoms with van der Waals surface area (Å²) in [5, 5.41) is 17.5. The molecule has 146 valence electrons. The second-order valence-corrected chi connectivity index (χ2v) is 7.67. The van der Waals surface area contributed by atoms with Crippen LogP contribution in [0.5, 0.6) is 5.88 Å². The molecule has 9 nitrogen and oxygen atoms in total. The van der Waals surface area contributed by atoms with Crippen LogP contribution >= 0.6 is 15.9 Å². The Bertz CT molecular complexity index is 974. The molecule has 0 atom stereocenters. The first kappa shape index (κ1) is 19.4. The molecule has 0 saturated heterocycles. The van der Waals surface area contributed by atoms with E-state index in [1.807, 2.05) is 13.8 Å². The fourth-order valence-corrected chi connectivity index (χ4v) is 3.38. The molecule has 27 heavy (non-hydrogen) atoms. The fourth-order valence-electron chi connectivity index (χ4n) is 2.75. The third-order valence-corrected chi connectivity index (χ3v) is 4.83. The summed E-state index contributed by atoms with van der Waals surface area (Å²) in [5.41, 5.74) is -1.08. The normalized spacial score (nSPS) is 14.0. The highest BCUT2D eigenvalue weighted by Gasteiger charge is 2.31. The van der Waals surface area contributed by atoms with Crippen LogP contribution in [0.4, 0.5) is 0 Å². The Hall–Kier alpha value is -2.36. The Morgan fingerprint density at radius 2 is 2.07 bits per heavy atom. The zero-order chi connectivity index (χ0) is 19.9. The van der Waals surface area contributed by atoms with Crippen molar-refractivity contribution in [1.29, 1.82) is 0 Å². The summed E-state index contributed by atoms with van der Waals surface area (Å²) in [7, 11) is 0. The minimum atomic E-state index is -0.795. The predicted octanol–water partition coefficient (Wildman–Crippen LogP) is 1.69. The van der Waals surface area contributed by atoms with Crippen molar-refractivity contribution >= 4 is 33.5 Å². The van der Waals surface area contributed by atoms with Crippen LogP contribution in [0.15, 0.2) is 9.27 Å². The summed E-state index contributed by atoms with van der Waals surface area (Å²) >= 11 is 3.29. The lowest BCUT2D eigenvalue weighted by atomic mass is 10.2. The average molecular weight is 441 g/mol. The van der Waals surface area contributed by atoms with E-state index in [-0.39, 0.29) is 39.9 Å². The highest BCUT2D eigenvalue weighted by molar-refractivity contribution is 9.10. The van der Waals surface area contributed by atoms with Gasteiger partial charge >= 0.3 is 5.97 Å². The Kier molecular flexibility index (Phi) is 5.27. The molecule has 0 aromatic carbocycles. The number of hydrogen-bond acceptors (Lipinski definition) is 6. The third kappa shape index (κ3) is 3.58. The highest BCUT2D eigenvalue weighted by atomic mass is 79.9. The molecule has 1 aliphatic carbocycles. The van der Waals surface area contributed by atoms with Gasteiger partial charge in [0.2, 0.25) is 5.88 Å². The molecule has 1 fully saturated rings. The Morgan fingerprint density at radius 1 is 1.41 bits per heavy atom. The standard InChI is InChI=1S/C17H21BrN4O5/c1-4-27-17(26)12-11(18)14-21(7-8(2)3)15(24)10(16(25)22(14)20-12)13(23)19-9-5-6-9/h8-9,24H,4-7H2,1-3H3,(H,19,23). The van der Waals surface area contributed by atoms with Crippen LogP contribution in [-0.4, -0.2) is 43.8 Å². The second kappa shape index (κ2) is 7.34. The molecule has 0 bridgehead atoms. The van der Waals surface area contributed by atoms with Crippen molar-refractivity contribution in [1.82, 2.24) is 19.5 Å². The Balaban J connectivity index is 2.27. The number of nitrogens with zero attached hydrogens (tertiary/aromatic N) is 3. The van der Waals surface area contributed by atoms with E-state index in [2.05, 4.69) is 26.3 Å². The van der Waals surface area contributed by atoms with Crippen LogP contribution in [0.3, 0.4) is 0 Å². The number of esters is 1. The molecule has 1 saturated carbocycles. The highest BCUT2D eigenvalue weighted by Crippen LogP contribution is 2.28. The van der Waals surface area contributed by atoms with Gasteiger partial charge in [0.1, 0.15) is 0 Å². The van der Waals surface area contributed by atoms with Gasteiger partial charge < -0.3 is 15.2 Å². The molecule has 2 aromatic heterocycles. The molecule has 3 rings (SSSR count). The lowest BCUT2D eigenvalue weighted by molar-refractivity contribution is 0.0518. The molecule has 0 aliphatic heterocycles. The maximum Gasteiger partial charge on any atom is 0.360 e. The molecule has 1 aliphatic rings. The van der Waals surface area contributed by atoms with Gasteiger partial charge in [-0.1, -0.05) is 13.8 Å². The van der Waals surface area contributed by atoms with Crippen molar-refractivity contribution in [2.24, 2.45) is 5.92 Å². The Morgan fingerprint density at radius 3 is 2.63 bits per heavy atom. The summed E-state index contributed by atoms with van der Waals surface area (Å²) in [5.74, 6) is -1.71. The monoisotopic (exact) mass is 440 g/mol. The van der Waals surface area contributed by atoms with Crippen LogP contribution in [0, 0.1) is 5.92 Å². The van der Waals surface area contributed by atoms with Gasteiger partial charge in [-0.3, -0.25) is 14.2 Å². The first-order valence-corrected chi connectivity index (χ1v) is 9.57. The summed E-state index contributed by atoms with van der Waals surface area (Å²) < 4.78 is 7.56. The van der Waals surface area contributed by atoms with E-state index in [1.165, 1.54) is 4.57 Å². The minimum absolute atomic E-state index is 0.0185. The molecule has 1 amide bonds. The van der Waals surface area contributed by atoms with Gasteiger partial charge in [0.05, 0.1) is 11.1 Å². The summed E-state index contributed by atoms with van der Waals surface area (Å²) in [6, 6.07) is 0.0185. The minimum Gasteiger partial charge on any atom is -0.494 e. The van der Waals surface area contributed by atoms with Crippen LogP contribution in [0.25, 0.3) is 5.65 Å². The molecule has 0 radical (unpaired) electrons. The number of nitrogens with one attached hydrogen (secondary N) is 1. The van der Waals surface area contributed by atoms with Crippen molar-refractivity contribution in [3.63, 3.8) is 0 Å². The maximum atomic E-state index is 12.9. The molecule has 0 unspecified atom stereocenters. The van der Waals surface area contributed by atoms with Gasteiger partial charge in [0.15, 0.2) is 16.9 Å². The number of rotatable bonds is 6. The van der Waals surface area contributed by atoms with Crippen molar-refractivity contribution in [3.8, 4) is 5.88 Å². The quantitative estimate of drug-likeness (QED) is 0.660. The van der Waals surface area contributed by atoms with Gasteiger partial charge in [-0.05, 0) is 41.6 Å². The number of halogens is 1. The molecule has 2 N–H and O–H groups in total. The fraction of sp³-hybridized carbons (Fsp3) is 0.529. The number of aromatic nitrogens is 3. The maximum absolute atomic E-state index is 12.9. The van der Waals surface area contributed by atoms with Crippen molar-refractivity contribution in [2.75, 3.05) is 6.61 Å². The topological polar surface area (TPSA) is 115 Å². The summed E-state index contributed by atoms with van der Waals surface area (Å²) in [6.45, 7) is 5.97. The average Bonchev–Trinajstić information content (AvgIpc) is 3.32. The molecule has 10 heteroatoms. The van der Waals surface area contributed by atoms with E-state index < -0.39 is 23.3 Å². The molecule has 2 aromatic rings. The molecular formula is C17H21BrN4O5. The Labute approximate surface area is 163 Å². The lowest BCUT2D eigenvalue weighted by Crippen LogP contribution is -2.34. The second-order valence-electron chi connectivity index (χ2n) is 6.87. The van der Waals surface area contributed by atoms with Gasteiger partial charge in [-0.2, -0.15) is 9.61 Å². The van der Waals surface area contributed by atoms with E-state index in [0.29, 0.717) is 6.54 Å². The smallest absolute Gasteiger partial charge is 0.360 e. The SMILES string of the molecule is CCOC(=O)c1nn2c(=O)c(C(=O)NC3CC3)c(O)n(CC(C)C)c2c1Br. The summed E-state index contributed by atoms with van der Waals surface area (Å²) in [4.78, 5) is 37.5. The number of amides is 1. The molecule has 0 spiro atoms. The largest absolute Gasteiger partial charge is 0.494 e. The number of carbonyl (C=O) groups excluding carboxylic acids is 2. The van der Waals surface area contributed by atoms with E-state index in [1.54, 1.807) is 6.92 Å². The van der Waals surface area contributed by atoms with Gasteiger partial charge in [0.25, 0.3) is 11.5 Å². The lowest BCUT2D eigenvalue weighted by Gasteiger charge is -2.16. The van der Waals surface area contributed by atoms with E-state index in [9.17, 15) is 19.5 Å². The summed E-state index contributed by atoms with van der Waals surface area (Å²) in [6.07, 6.45) is 1.69. The van der Waals surface area contributed by atoms with Gasteiger partial charge in [-0.15, -0.1) is 0 Å². The number of fused-ring (bicyclic) bond motifs is 1. The molecule has 2 heterocycles. The number of carbonyl (C=O) groups is 2. The van der Waals surface area contributed by atoms with Crippen LogP contribution in [-0.2, 0) is 11.3 Å². The zero-order valence-electron chi connectivity index (χ0n) is 15.3. The van der Waals surface area contributed by atoms with E-state index in [4.69, 9.17) is 4.74 Å². The van der Waals surface area contributed by atoms with Crippen LogP contribution in [0.1, 0.15) is 54.5 Å². The van der Waals surface area contributed by atoms with E-state index in [0.717, 1.165) is 17.4 Å². The van der Waals surface area contributed by atoms with E-state index >= 15 is 0 Å².